The van der Waals surface area contributed by atoms with Gasteiger partial charge in [0.25, 0.3) is 0 Å². The van der Waals surface area contributed by atoms with Gasteiger partial charge in [0.2, 0.25) is 0 Å². The summed E-state index contributed by atoms with van der Waals surface area (Å²) in [4.78, 5) is 0. The van der Waals surface area contributed by atoms with Crippen LogP contribution in [0.2, 0.25) is 12.1 Å². The van der Waals surface area contributed by atoms with Crippen molar-refractivity contribution in [1.82, 2.24) is 0 Å². The van der Waals surface area contributed by atoms with Crippen molar-refractivity contribution in [1.29, 1.82) is 0 Å². The van der Waals surface area contributed by atoms with Gasteiger partial charge in [0, 0.05) is 0 Å². The predicted molar refractivity (Wildman–Crippen MR) is 109 cm³/mol. The van der Waals surface area contributed by atoms with Gasteiger partial charge in [-0.25, -0.2) is 0 Å². The quantitative estimate of drug-likeness (QED) is 0.223. The fourth-order valence-corrected chi connectivity index (χ4v) is 5.42. The highest BCUT2D eigenvalue weighted by Gasteiger charge is 2.09. The van der Waals surface area contributed by atoms with Gasteiger partial charge in [-0.05, 0) is 37.8 Å². The topological polar surface area (TPSA) is 0 Å². The molecule has 1 aromatic rings. The lowest BCUT2D eigenvalue weighted by Crippen LogP contribution is -2.28. The van der Waals surface area contributed by atoms with Gasteiger partial charge in [-0.3, -0.25) is 0 Å². The molecule has 0 fully saturated rings. The highest BCUT2D eigenvalue weighted by Crippen LogP contribution is 2.07. The Morgan fingerprint density at radius 2 is 1.22 bits per heavy atom. The van der Waals surface area contributed by atoms with E-state index in [4.69, 9.17) is 0 Å². The first-order valence-electron chi connectivity index (χ1n) is 9.73. The van der Waals surface area contributed by atoms with Gasteiger partial charge < -0.3 is 0 Å². The van der Waals surface area contributed by atoms with Crippen LogP contribution in [0.3, 0.4) is 0 Å². The van der Waals surface area contributed by atoms with Gasteiger partial charge in [0.05, 0.1) is 8.80 Å². The van der Waals surface area contributed by atoms with E-state index in [0.29, 0.717) is 0 Å². The van der Waals surface area contributed by atoms with Gasteiger partial charge in [-0.1, -0.05) is 99.4 Å². The third-order valence-electron chi connectivity index (χ3n) is 4.39. The molecule has 0 aliphatic carbocycles. The minimum Gasteiger partial charge on any atom is -0.0911 e. The number of hydrogen-bond donors (Lipinski definition) is 0. The summed E-state index contributed by atoms with van der Waals surface area (Å²) < 4.78 is 0. The van der Waals surface area contributed by atoms with E-state index in [9.17, 15) is 0 Å². The minimum atomic E-state index is -0.883. The van der Waals surface area contributed by atoms with E-state index in [1.54, 1.807) is 5.19 Å². The molecule has 1 aromatic carbocycles. The van der Waals surface area contributed by atoms with Crippen molar-refractivity contribution in [3.63, 3.8) is 0 Å². The molecule has 0 atom stereocenters. The number of rotatable bonds is 13. The van der Waals surface area contributed by atoms with Crippen LogP contribution in [-0.4, -0.2) is 8.80 Å². The fraction of sp³-hybridized carbons (Fsp3) is 0.545. The molecule has 0 spiro atoms. The molecule has 0 aliphatic heterocycles. The number of benzene rings is 1. The Bertz CT molecular complexity index is 397. The molecule has 0 amide bonds. The Hall–Kier alpha value is -1.08. The molecule has 0 aromatic heterocycles. The maximum absolute atomic E-state index is 2.46. The molecule has 0 saturated heterocycles. The largest absolute Gasteiger partial charge is 0.0911 e. The molecule has 0 N–H and O–H groups in total. The van der Waals surface area contributed by atoms with Crippen molar-refractivity contribution in [3.8, 4) is 0 Å². The van der Waals surface area contributed by atoms with Crippen LogP contribution in [0.15, 0.2) is 54.6 Å². The van der Waals surface area contributed by atoms with Crippen molar-refractivity contribution < 1.29 is 0 Å². The zero-order valence-corrected chi connectivity index (χ0v) is 16.5. The second-order valence-electron chi connectivity index (χ2n) is 6.51. The Morgan fingerprint density at radius 3 is 1.70 bits per heavy atom. The lowest BCUT2D eigenvalue weighted by atomic mass is 10.2. The summed E-state index contributed by atoms with van der Waals surface area (Å²) in [6.45, 7) is 4.55. The summed E-state index contributed by atoms with van der Waals surface area (Å²) in [5, 5.41) is 1.61. The van der Waals surface area contributed by atoms with E-state index in [-0.39, 0.29) is 0 Å². The lowest BCUT2D eigenvalue weighted by Gasteiger charge is -2.11. The molecular formula is C22H36Si. The molecular weight excluding hydrogens is 292 g/mol. The van der Waals surface area contributed by atoms with Crippen LogP contribution >= 0.6 is 0 Å². The molecule has 0 bridgehead atoms. The Kier molecular flexibility index (Phi) is 12.6. The van der Waals surface area contributed by atoms with Gasteiger partial charge in [-0.2, -0.15) is 0 Å². The lowest BCUT2D eigenvalue weighted by molar-refractivity contribution is 0.729. The van der Waals surface area contributed by atoms with Crippen LogP contribution in [0.5, 0.6) is 0 Å². The van der Waals surface area contributed by atoms with Crippen molar-refractivity contribution in [2.24, 2.45) is 0 Å². The summed E-state index contributed by atoms with van der Waals surface area (Å²) in [7, 11) is -0.883. The molecule has 0 radical (unpaired) electrons. The van der Waals surface area contributed by atoms with E-state index in [0.717, 1.165) is 0 Å². The first kappa shape index (κ1) is 20.0. The predicted octanol–water partition coefficient (Wildman–Crippen LogP) is 6.39. The van der Waals surface area contributed by atoms with Crippen LogP contribution < -0.4 is 5.19 Å². The zero-order chi connectivity index (χ0) is 16.6. The van der Waals surface area contributed by atoms with Crippen molar-refractivity contribution in [2.75, 3.05) is 0 Å². The van der Waals surface area contributed by atoms with Crippen LogP contribution in [0.1, 0.15) is 65.2 Å². The molecule has 0 heterocycles. The first-order valence-corrected chi connectivity index (χ1v) is 11.9. The molecule has 23 heavy (non-hydrogen) atoms. The normalized spacial score (nSPS) is 13.1. The summed E-state index contributed by atoms with van der Waals surface area (Å²) in [6, 6.07) is 13.8. The Morgan fingerprint density at radius 1 is 0.696 bits per heavy atom. The van der Waals surface area contributed by atoms with Crippen LogP contribution in [0.4, 0.5) is 0 Å². The van der Waals surface area contributed by atoms with Crippen LogP contribution in [0, 0.1) is 0 Å². The third kappa shape index (κ3) is 10.3. The summed E-state index contributed by atoms with van der Waals surface area (Å²) in [6.07, 6.45) is 20.4. The van der Waals surface area contributed by atoms with Gasteiger partial charge in [0.1, 0.15) is 0 Å². The minimum absolute atomic E-state index is 0.883. The van der Waals surface area contributed by atoms with Crippen molar-refractivity contribution >= 4 is 14.0 Å². The molecule has 0 nitrogen and oxygen atoms in total. The highest BCUT2D eigenvalue weighted by molar-refractivity contribution is 6.74. The number of allylic oxidation sites excluding steroid dienone is 4. The maximum atomic E-state index is 2.46. The Labute approximate surface area is 146 Å². The third-order valence-corrected chi connectivity index (χ3v) is 7.40. The average Bonchev–Trinajstić information content (AvgIpc) is 2.60. The standard InChI is InChI=1S/C22H36Si/c1-3-5-7-9-11-16-20-23(22-18-14-13-15-19-22)21-17-12-10-8-6-4-2/h11-19,23H,3-10,20-21H2,1-2H3. The van der Waals surface area contributed by atoms with E-state index in [1.165, 1.54) is 63.5 Å². The van der Waals surface area contributed by atoms with E-state index in [1.807, 2.05) is 0 Å². The molecule has 128 valence electrons. The molecule has 0 saturated carbocycles. The molecule has 0 aliphatic rings. The van der Waals surface area contributed by atoms with Crippen molar-refractivity contribution in [3.05, 3.63) is 54.6 Å². The molecule has 0 unspecified atom stereocenters. The monoisotopic (exact) mass is 328 g/mol. The number of hydrogen-bond acceptors (Lipinski definition) is 0. The van der Waals surface area contributed by atoms with E-state index < -0.39 is 8.80 Å². The fourth-order valence-electron chi connectivity index (χ4n) is 2.87. The smallest absolute Gasteiger partial charge is 0.0782 e. The maximum Gasteiger partial charge on any atom is 0.0782 e. The zero-order valence-electron chi connectivity index (χ0n) is 15.3. The Balaban J connectivity index is 2.43. The summed E-state index contributed by atoms with van der Waals surface area (Å²) >= 11 is 0. The van der Waals surface area contributed by atoms with E-state index >= 15 is 0 Å². The second kappa shape index (κ2) is 14.5. The van der Waals surface area contributed by atoms with Gasteiger partial charge >= 0.3 is 0 Å². The summed E-state index contributed by atoms with van der Waals surface area (Å²) in [5.74, 6) is 0. The van der Waals surface area contributed by atoms with E-state index in [2.05, 4.69) is 68.5 Å². The molecule has 1 rings (SSSR count). The van der Waals surface area contributed by atoms with Crippen LogP contribution in [-0.2, 0) is 0 Å². The van der Waals surface area contributed by atoms with Gasteiger partial charge in [0.15, 0.2) is 0 Å². The summed E-state index contributed by atoms with van der Waals surface area (Å²) in [5.41, 5.74) is 0. The van der Waals surface area contributed by atoms with Gasteiger partial charge in [-0.15, -0.1) is 0 Å². The number of unbranched alkanes of at least 4 members (excludes halogenated alkanes) is 6. The second-order valence-corrected chi connectivity index (χ2v) is 9.52. The first-order chi connectivity index (χ1) is 11.4. The molecule has 1 heteroatoms. The average molecular weight is 329 g/mol. The highest BCUT2D eigenvalue weighted by atomic mass is 28.3. The van der Waals surface area contributed by atoms with Crippen LogP contribution in [0.25, 0.3) is 0 Å². The van der Waals surface area contributed by atoms with Crippen molar-refractivity contribution in [2.45, 2.75) is 77.3 Å². The SMILES string of the molecule is CCCCCC=CC[SiH](CC=CCCCCC)c1ccccc1.